The van der Waals surface area contributed by atoms with Crippen molar-refractivity contribution in [3.8, 4) is 0 Å². The third-order valence-corrected chi connectivity index (χ3v) is 2.66. The van der Waals surface area contributed by atoms with Gasteiger partial charge < -0.3 is 10.0 Å². The Labute approximate surface area is 87.1 Å². The molecule has 0 aromatic carbocycles. The summed E-state index contributed by atoms with van der Waals surface area (Å²) < 4.78 is 0. The standard InChI is InChI=1S/C7H11NO2.2C2H6/c1-8-2-4-5(3-8)6(4)7(9)10;2*1-2/h4-6H,2-3H2,1H3,(H,9,10);2*1-2H3. The topological polar surface area (TPSA) is 40.5 Å². The maximum Gasteiger partial charge on any atom is 0.307 e. The lowest BCUT2D eigenvalue weighted by molar-refractivity contribution is -0.139. The second kappa shape index (κ2) is 6.02. The van der Waals surface area contributed by atoms with Gasteiger partial charge in [-0.15, -0.1) is 0 Å². The Morgan fingerprint density at radius 3 is 1.79 bits per heavy atom. The van der Waals surface area contributed by atoms with Crippen molar-refractivity contribution in [3.05, 3.63) is 0 Å². The molecule has 84 valence electrons. The minimum absolute atomic E-state index is 0.00352. The highest BCUT2D eigenvalue weighted by Gasteiger charge is 2.58. The van der Waals surface area contributed by atoms with Crippen LogP contribution in [0.15, 0.2) is 0 Å². The van der Waals surface area contributed by atoms with Gasteiger partial charge in [0.2, 0.25) is 0 Å². The summed E-state index contributed by atoms with van der Waals surface area (Å²) >= 11 is 0. The summed E-state index contributed by atoms with van der Waals surface area (Å²) in [5, 5.41) is 8.63. The Bertz CT molecular complexity index is 170. The largest absolute Gasteiger partial charge is 0.481 e. The van der Waals surface area contributed by atoms with Gasteiger partial charge >= 0.3 is 5.97 Å². The van der Waals surface area contributed by atoms with E-state index in [0.717, 1.165) is 13.1 Å². The van der Waals surface area contributed by atoms with Crippen LogP contribution in [0.3, 0.4) is 0 Å². The highest BCUT2D eigenvalue weighted by molar-refractivity contribution is 5.74. The van der Waals surface area contributed by atoms with Gasteiger partial charge in [0.05, 0.1) is 5.92 Å². The first-order chi connectivity index (χ1) is 6.70. The lowest BCUT2D eigenvalue weighted by atomic mass is 10.3. The van der Waals surface area contributed by atoms with Crippen molar-refractivity contribution in [2.24, 2.45) is 17.8 Å². The third kappa shape index (κ3) is 2.71. The number of rotatable bonds is 1. The van der Waals surface area contributed by atoms with Gasteiger partial charge in [-0.1, -0.05) is 27.7 Å². The summed E-state index contributed by atoms with van der Waals surface area (Å²) in [6.45, 7) is 9.98. The maximum atomic E-state index is 10.5. The van der Waals surface area contributed by atoms with Crippen LogP contribution in [0.25, 0.3) is 0 Å². The molecule has 2 rings (SSSR count). The summed E-state index contributed by atoms with van der Waals surface area (Å²) in [6, 6.07) is 0. The zero-order valence-corrected chi connectivity index (χ0v) is 9.95. The molecule has 1 aliphatic heterocycles. The number of aliphatic carboxylic acids is 1. The summed E-state index contributed by atoms with van der Waals surface area (Å²) in [4.78, 5) is 12.7. The van der Waals surface area contributed by atoms with Crippen molar-refractivity contribution >= 4 is 5.97 Å². The Balaban J connectivity index is 0.000000379. The van der Waals surface area contributed by atoms with Gasteiger partial charge in [-0.2, -0.15) is 0 Å². The molecule has 1 saturated carbocycles. The molecule has 0 aromatic rings. The van der Waals surface area contributed by atoms with Gasteiger partial charge in [0.15, 0.2) is 0 Å². The SMILES string of the molecule is CC.CC.CN1CC2C(C1)C2C(=O)O. The van der Waals surface area contributed by atoms with Crippen LogP contribution in [0, 0.1) is 17.8 Å². The molecular formula is C11H23NO2. The zero-order chi connectivity index (χ0) is 11.3. The Morgan fingerprint density at radius 1 is 1.14 bits per heavy atom. The predicted molar refractivity (Wildman–Crippen MR) is 58.3 cm³/mol. The van der Waals surface area contributed by atoms with Crippen LogP contribution in [0.2, 0.25) is 0 Å². The van der Waals surface area contributed by atoms with E-state index >= 15 is 0 Å². The number of carboxylic acid groups (broad SMARTS) is 1. The Kier molecular flexibility index (Phi) is 5.77. The molecule has 1 N–H and O–H groups in total. The van der Waals surface area contributed by atoms with E-state index in [2.05, 4.69) is 4.90 Å². The monoisotopic (exact) mass is 201 g/mol. The van der Waals surface area contributed by atoms with Crippen molar-refractivity contribution in [2.75, 3.05) is 20.1 Å². The fourth-order valence-electron chi connectivity index (χ4n) is 2.10. The van der Waals surface area contributed by atoms with E-state index in [0.29, 0.717) is 11.8 Å². The zero-order valence-electron chi connectivity index (χ0n) is 9.95. The fraction of sp³-hybridized carbons (Fsp3) is 0.909. The van der Waals surface area contributed by atoms with Gasteiger partial charge in [0.1, 0.15) is 0 Å². The number of carboxylic acids is 1. The molecule has 14 heavy (non-hydrogen) atoms. The molecule has 2 fully saturated rings. The summed E-state index contributed by atoms with van der Waals surface area (Å²) in [6.07, 6.45) is 0. The van der Waals surface area contributed by atoms with Crippen molar-refractivity contribution in [1.29, 1.82) is 0 Å². The van der Waals surface area contributed by atoms with E-state index in [1.165, 1.54) is 0 Å². The number of likely N-dealkylation sites (tertiary alicyclic amines) is 1. The predicted octanol–water partition coefficient (Wildman–Crippen LogP) is 1.93. The van der Waals surface area contributed by atoms with E-state index < -0.39 is 5.97 Å². The molecule has 1 aliphatic carbocycles. The van der Waals surface area contributed by atoms with Crippen LogP contribution in [0.5, 0.6) is 0 Å². The molecule has 0 spiro atoms. The molecule has 2 aliphatic rings. The fourth-order valence-corrected chi connectivity index (χ4v) is 2.10. The van der Waals surface area contributed by atoms with Gasteiger partial charge in [0, 0.05) is 13.1 Å². The van der Waals surface area contributed by atoms with Crippen LogP contribution in [0.4, 0.5) is 0 Å². The minimum atomic E-state index is -0.594. The molecule has 1 saturated heterocycles. The molecule has 2 unspecified atom stereocenters. The van der Waals surface area contributed by atoms with Gasteiger partial charge in [0.25, 0.3) is 0 Å². The molecule has 1 heterocycles. The molecule has 3 heteroatoms. The van der Waals surface area contributed by atoms with Crippen molar-refractivity contribution in [2.45, 2.75) is 27.7 Å². The van der Waals surface area contributed by atoms with Crippen molar-refractivity contribution in [1.82, 2.24) is 4.90 Å². The van der Waals surface area contributed by atoms with Crippen LogP contribution < -0.4 is 0 Å². The second-order valence-electron chi connectivity index (χ2n) is 3.41. The van der Waals surface area contributed by atoms with Crippen molar-refractivity contribution in [3.63, 3.8) is 0 Å². The average Bonchev–Trinajstić information content (AvgIpc) is 2.72. The highest BCUT2D eigenvalue weighted by Crippen LogP contribution is 2.51. The first-order valence-corrected chi connectivity index (χ1v) is 5.61. The smallest absolute Gasteiger partial charge is 0.307 e. The third-order valence-electron chi connectivity index (χ3n) is 2.66. The maximum absolute atomic E-state index is 10.5. The normalized spacial score (nSPS) is 33.1. The molecule has 0 amide bonds. The molecule has 0 bridgehead atoms. The number of fused-ring (bicyclic) bond motifs is 1. The number of piperidine rings is 1. The van der Waals surface area contributed by atoms with E-state index in [1.54, 1.807) is 0 Å². The number of hydrogen-bond donors (Lipinski definition) is 1. The molecule has 0 aromatic heterocycles. The lowest BCUT2D eigenvalue weighted by Gasteiger charge is -2.09. The van der Waals surface area contributed by atoms with Crippen LogP contribution in [0.1, 0.15) is 27.7 Å². The average molecular weight is 201 g/mol. The van der Waals surface area contributed by atoms with Crippen LogP contribution >= 0.6 is 0 Å². The summed E-state index contributed by atoms with van der Waals surface area (Å²) in [7, 11) is 2.05. The highest BCUT2D eigenvalue weighted by atomic mass is 16.4. The van der Waals surface area contributed by atoms with Crippen LogP contribution in [-0.4, -0.2) is 36.1 Å². The molecular weight excluding hydrogens is 178 g/mol. The minimum Gasteiger partial charge on any atom is -0.481 e. The van der Waals surface area contributed by atoms with E-state index in [9.17, 15) is 4.79 Å². The molecule has 2 atom stereocenters. The number of carbonyl (C=O) groups is 1. The number of hydrogen-bond acceptors (Lipinski definition) is 2. The molecule has 3 nitrogen and oxygen atoms in total. The van der Waals surface area contributed by atoms with Gasteiger partial charge in [-0.3, -0.25) is 4.79 Å². The van der Waals surface area contributed by atoms with Crippen LogP contribution in [-0.2, 0) is 4.79 Å². The van der Waals surface area contributed by atoms with Gasteiger partial charge in [-0.05, 0) is 18.9 Å². The second-order valence-corrected chi connectivity index (χ2v) is 3.41. The van der Waals surface area contributed by atoms with Crippen molar-refractivity contribution < 1.29 is 9.90 Å². The van der Waals surface area contributed by atoms with E-state index in [4.69, 9.17) is 5.11 Å². The number of nitrogens with zero attached hydrogens (tertiary/aromatic N) is 1. The summed E-state index contributed by atoms with van der Waals surface area (Å²) in [5.41, 5.74) is 0. The van der Waals surface area contributed by atoms with Gasteiger partial charge in [-0.25, -0.2) is 0 Å². The van der Waals surface area contributed by atoms with E-state index in [1.807, 2.05) is 34.7 Å². The van der Waals surface area contributed by atoms with E-state index in [-0.39, 0.29) is 5.92 Å². The lowest BCUT2D eigenvalue weighted by Crippen LogP contribution is -2.21. The first-order valence-electron chi connectivity index (χ1n) is 5.61. The first kappa shape index (κ1) is 13.4. The Morgan fingerprint density at radius 2 is 1.50 bits per heavy atom. The Hall–Kier alpha value is -0.570. The quantitative estimate of drug-likeness (QED) is 0.704. The molecule has 0 radical (unpaired) electrons. The summed E-state index contributed by atoms with van der Waals surface area (Å²) in [5.74, 6) is 0.351.